The highest BCUT2D eigenvalue weighted by Gasteiger charge is 2.28. The molecule has 0 saturated carbocycles. The Morgan fingerprint density at radius 2 is 2.17 bits per heavy atom. The number of carbonyl (C=O) groups is 1. The Balaban J connectivity index is 1.79. The average molecular weight is 248 g/mol. The van der Waals surface area contributed by atoms with Crippen molar-refractivity contribution in [3.63, 3.8) is 0 Å². The van der Waals surface area contributed by atoms with Gasteiger partial charge in [0.15, 0.2) is 0 Å². The molecule has 0 bridgehead atoms. The molecule has 0 radical (unpaired) electrons. The zero-order chi connectivity index (χ0) is 13.0. The fourth-order valence-corrected chi connectivity index (χ4v) is 2.14. The van der Waals surface area contributed by atoms with E-state index in [-0.39, 0.29) is 24.2 Å². The Bertz CT molecular complexity index is 394. The molecular weight excluding hydrogens is 228 g/mol. The highest BCUT2D eigenvalue weighted by molar-refractivity contribution is 5.81. The van der Waals surface area contributed by atoms with Gasteiger partial charge in [-0.3, -0.25) is 4.79 Å². The van der Waals surface area contributed by atoms with Crippen LogP contribution in [0.25, 0.3) is 0 Å². The molecule has 3 atom stereocenters. The number of amides is 1. The molecule has 1 fully saturated rings. The first-order valence-electron chi connectivity index (χ1n) is 6.40. The summed E-state index contributed by atoms with van der Waals surface area (Å²) in [4.78, 5) is 11.8. The van der Waals surface area contributed by atoms with Crippen LogP contribution < -0.4 is 11.1 Å². The molecule has 1 heterocycles. The lowest BCUT2D eigenvalue weighted by molar-refractivity contribution is -0.131. The first-order valence-corrected chi connectivity index (χ1v) is 6.40. The van der Waals surface area contributed by atoms with Gasteiger partial charge in [0.1, 0.15) is 6.10 Å². The third kappa shape index (κ3) is 3.31. The van der Waals surface area contributed by atoms with E-state index >= 15 is 0 Å². The van der Waals surface area contributed by atoms with E-state index in [2.05, 4.69) is 5.32 Å². The summed E-state index contributed by atoms with van der Waals surface area (Å²) in [6, 6.07) is 9.59. The van der Waals surface area contributed by atoms with Crippen LogP contribution in [-0.4, -0.2) is 24.7 Å². The van der Waals surface area contributed by atoms with E-state index in [1.54, 1.807) is 0 Å². The Morgan fingerprint density at radius 3 is 2.78 bits per heavy atom. The molecule has 1 saturated heterocycles. The maximum atomic E-state index is 11.8. The average Bonchev–Trinajstić information content (AvgIpc) is 2.83. The lowest BCUT2D eigenvalue weighted by atomic mass is 10.1. The SMILES string of the molecule is CC1CCC(C(=O)NCC(N)c2ccccc2)O1. The van der Waals surface area contributed by atoms with Gasteiger partial charge in [0.05, 0.1) is 6.10 Å². The highest BCUT2D eigenvalue weighted by atomic mass is 16.5. The molecule has 4 heteroatoms. The minimum atomic E-state index is -0.303. The van der Waals surface area contributed by atoms with E-state index in [9.17, 15) is 4.79 Å². The van der Waals surface area contributed by atoms with Crippen molar-refractivity contribution >= 4 is 5.91 Å². The molecule has 4 nitrogen and oxygen atoms in total. The van der Waals surface area contributed by atoms with Crippen LogP contribution in [0.4, 0.5) is 0 Å². The van der Waals surface area contributed by atoms with Gasteiger partial charge >= 0.3 is 0 Å². The number of carbonyl (C=O) groups excluding carboxylic acids is 1. The van der Waals surface area contributed by atoms with Gasteiger partial charge in [-0.1, -0.05) is 30.3 Å². The van der Waals surface area contributed by atoms with Gasteiger partial charge < -0.3 is 15.8 Å². The Labute approximate surface area is 108 Å². The molecule has 3 unspecified atom stereocenters. The highest BCUT2D eigenvalue weighted by Crippen LogP contribution is 2.19. The van der Waals surface area contributed by atoms with Gasteiger partial charge in [-0.2, -0.15) is 0 Å². The second kappa shape index (κ2) is 5.98. The van der Waals surface area contributed by atoms with E-state index in [1.165, 1.54) is 0 Å². The van der Waals surface area contributed by atoms with E-state index in [0.29, 0.717) is 6.54 Å². The largest absolute Gasteiger partial charge is 0.365 e. The van der Waals surface area contributed by atoms with Crippen molar-refractivity contribution < 1.29 is 9.53 Å². The zero-order valence-corrected chi connectivity index (χ0v) is 10.6. The van der Waals surface area contributed by atoms with Gasteiger partial charge in [0.2, 0.25) is 5.91 Å². The molecule has 2 rings (SSSR count). The number of hydrogen-bond acceptors (Lipinski definition) is 3. The number of nitrogens with one attached hydrogen (secondary N) is 1. The quantitative estimate of drug-likeness (QED) is 0.846. The molecule has 18 heavy (non-hydrogen) atoms. The van der Waals surface area contributed by atoms with Crippen LogP contribution in [0.15, 0.2) is 30.3 Å². The monoisotopic (exact) mass is 248 g/mol. The maximum Gasteiger partial charge on any atom is 0.249 e. The van der Waals surface area contributed by atoms with Gasteiger partial charge in [-0.05, 0) is 25.3 Å². The summed E-state index contributed by atoms with van der Waals surface area (Å²) in [6.45, 7) is 2.43. The molecule has 0 aromatic heterocycles. The molecule has 1 aromatic rings. The summed E-state index contributed by atoms with van der Waals surface area (Å²) in [5.74, 6) is -0.0502. The Kier molecular flexibility index (Phi) is 4.33. The van der Waals surface area contributed by atoms with Crippen LogP contribution in [0.2, 0.25) is 0 Å². The summed E-state index contributed by atoms with van der Waals surface area (Å²) in [5.41, 5.74) is 7.04. The molecule has 98 valence electrons. The number of benzene rings is 1. The number of rotatable bonds is 4. The standard InChI is InChI=1S/C14H20N2O2/c1-10-7-8-13(18-10)14(17)16-9-12(15)11-5-3-2-4-6-11/h2-6,10,12-13H,7-9,15H2,1H3,(H,16,17). The summed E-state index contributed by atoms with van der Waals surface area (Å²) in [7, 11) is 0. The molecule has 0 spiro atoms. The van der Waals surface area contributed by atoms with Crippen molar-refractivity contribution in [2.24, 2.45) is 5.73 Å². The second-order valence-electron chi connectivity index (χ2n) is 4.78. The molecule has 1 aliphatic heterocycles. The predicted octanol–water partition coefficient (Wildman–Crippen LogP) is 1.37. The number of nitrogens with two attached hydrogens (primary N) is 1. The fraction of sp³-hybridized carbons (Fsp3) is 0.500. The van der Waals surface area contributed by atoms with Crippen molar-refractivity contribution in [1.82, 2.24) is 5.32 Å². The van der Waals surface area contributed by atoms with Crippen molar-refractivity contribution in [2.75, 3.05) is 6.54 Å². The Hall–Kier alpha value is -1.39. The summed E-state index contributed by atoms with van der Waals surface area (Å²) in [6.07, 6.45) is 1.63. The lowest BCUT2D eigenvalue weighted by Gasteiger charge is -2.15. The van der Waals surface area contributed by atoms with E-state index < -0.39 is 0 Å². The van der Waals surface area contributed by atoms with Gasteiger partial charge in [-0.25, -0.2) is 0 Å². The molecular formula is C14H20N2O2. The summed E-state index contributed by atoms with van der Waals surface area (Å²) < 4.78 is 5.51. The molecule has 1 aromatic carbocycles. The van der Waals surface area contributed by atoms with Crippen molar-refractivity contribution in [3.05, 3.63) is 35.9 Å². The van der Waals surface area contributed by atoms with Crippen LogP contribution in [0.3, 0.4) is 0 Å². The second-order valence-corrected chi connectivity index (χ2v) is 4.78. The van der Waals surface area contributed by atoms with Crippen molar-refractivity contribution in [1.29, 1.82) is 0 Å². The van der Waals surface area contributed by atoms with Gasteiger partial charge in [0, 0.05) is 12.6 Å². The molecule has 0 aliphatic carbocycles. The molecule has 1 amide bonds. The topological polar surface area (TPSA) is 64.4 Å². The van der Waals surface area contributed by atoms with E-state index in [1.807, 2.05) is 37.3 Å². The van der Waals surface area contributed by atoms with Crippen molar-refractivity contribution in [2.45, 2.75) is 38.0 Å². The first-order chi connectivity index (χ1) is 8.66. The Morgan fingerprint density at radius 1 is 1.44 bits per heavy atom. The van der Waals surface area contributed by atoms with E-state index in [0.717, 1.165) is 18.4 Å². The molecule has 1 aliphatic rings. The van der Waals surface area contributed by atoms with Crippen LogP contribution in [0.1, 0.15) is 31.4 Å². The van der Waals surface area contributed by atoms with Crippen LogP contribution in [0, 0.1) is 0 Å². The third-order valence-electron chi connectivity index (χ3n) is 3.25. The van der Waals surface area contributed by atoms with E-state index in [4.69, 9.17) is 10.5 Å². The van der Waals surface area contributed by atoms with Crippen LogP contribution in [0.5, 0.6) is 0 Å². The lowest BCUT2D eigenvalue weighted by Crippen LogP contribution is -2.38. The van der Waals surface area contributed by atoms with Crippen LogP contribution >= 0.6 is 0 Å². The van der Waals surface area contributed by atoms with Gasteiger partial charge in [0.25, 0.3) is 0 Å². The van der Waals surface area contributed by atoms with Crippen LogP contribution in [-0.2, 0) is 9.53 Å². The smallest absolute Gasteiger partial charge is 0.249 e. The predicted molar refractivity (Wildman–Crippen MR) is 69.9 cm³/mol. The van der Waals surface area contributed by atoms with Gasteiger partial charge in [-0.15, -0.1) is 0 Å². The summed E-state index contributed by atoms with van der Waals surface area (Å²) >= 11 is 0. The minimum Gasteiger partial charge on any atom is -0.365 e. The maximum absolute atomic E-state index is 11.8. The number of hydrogen-bond donors (Lipinski definition) is 2. The van der Waals surface area contributed by atoms with Crippen molar-refractivity contribution in [3.8, 4) is 0 Å². The third-order valence-corrected chi connectivity index (χ3v) is 3.25. The first kappa shape index (κ1) is 13.1. The number of ether oxygens (including phenoxy) is 1. The normalized spacial score (nSPS) is 24.8. The fourth-order valence-electron chi connectivity index (χ4n) is 2.14. The molecule has 3 N–H and O–H groups in total. The minimum absolute atomic E-state index is 0.0502. The zero-order valence-electron chi connectivity index (χ0n) is 10.6. The summed E-state index contributed by atoms with van der Waals surface area (Å²) in [5, 5.41) is 2.85.